The van der Waals surface area contributed by atoms with E-state index < -0.39 is 5.97 Å². The van der Waals surface area contributed by atoms with Crippen LogP contribution in [0.2, 0.25) is 0 Å². The van der Waals surface area contributed by atoms with Gasteiger partial charge in [0.05, 0.1) is 19.0 Å². The lowest BCUT2D eigenvalue weighted by atomic mass is 9.99. The summed E-state index contributed by atoms with van der Waals surface area (Å²) in [5.41, 5.74) is -0.0216. The lowest BCUT2D eigenvalue weighted by molar-refractivity contribution is 0.0690. The van der Waals surface area contributed by atoms with Crippen molar-refractivity contribution in [1.82, 2.24) is 9.97 Å². The third-order valence-corrected chi connectivity index (χ3v) is 3.26. The number of hydrogen-bond acceptors (Lipinski definition) is 5. The summed E-state index contributed by atoms with van der Waals surface area (Å²) in [7, 11) is 0. The van der Waals surface area contributed by atoms with Crippen molar-refractivity contribution in [2.24, 2.45) is 5.92 Å². The van der Waals surface area contributed by atoms with Gasteiger partial charge >= 0.3 is 5.97 Å². The number of piperidine rings is 1. The van der Waals surface area contributed by atoms with Crippen LogP contribution in [0.15, 0.2) is 12.4 Å². The Hall–Kier alpha value is -1.69. The summed E-state index contributed by atoms with van der Waals surface area (Å²) in [6, 6.07) is 0. The lowest BCUT2D eigenvalue weighted by Crippen LogP contribution is -2.37. The van der Waals surface area contributed by atoms with E-state index in [0.717, 1.165) is 45.0 Å². The molecule has 1 unspecified atom stereocenters. The molecule has 0 aromatic carbocycles. The predicted molar refractivity (Wildman–Crippen MR) is 70.4 cm³/mol. The van der Waals surface area contributed by atoms with E-state index in [0.29, 0.717) is 5.92 Å². The fourth-order valence-corrected chi connectivity index (χ4v) is 2.29. The monoisotopic (exact) mass is 265 g/mol. The van der Waals surface area contributed by atoms with E-state index in [1.54, 1.807) is 0 Å². The van der Waals surface area contributed by atoms with Crippen molar-refractivity contribution in [3.63, 3.8) is 0 Å². The first kappa shape index (κ1) is 13.7. The van der Waals surface area contributed by atoms with E-state index in [1.165, 1.54) is 12.4 Å². The molecule has 1 aliphatic rings. The molecule has 0 amide bonds. The number of carbonyl (C=O) groups is 1. The first-order valence-corrected chi connectivity index (χ1v) is 6.58. The average molecular weight is 265 g/mol. The highest BCUT2D eigenvalue weighted by atomic mass is 16.5. The Morgan fingerprint density at radius 3 is 3.00 bits per heavy atom. The topological polar surface area (TPSA) is 75.5 Å². The van der Waals surface area contributed by atoms with Crippen LogP contribution >= 0.6 is 0 Å². The van der Waals surface area contributed by atoms with Gasteiger partial charge < -0.3 is 14.7 Å². The lowest BCUT2D eigenvalue weighted by Gasteiger charge is -2.33. The van der Waals surface area contributed by atoms with Crippen LogP contribution in [-0.4, -0.2) is 47.3 Å². The highest BCUT2D eigenvalue weighted by Gasteiger charge is 2.21. The molecule has 6 nitrogen and oxygen atoms in total. The third-order valence-electron chi connectivity index (χ3n) is 3.26. The largest absolute Gasteiger partial charge is 0.476 e. The molecule has 6 heteroatoms. The molecule has 19 heavy (non-hydrogen) atoms. The van der Waals surface area contributed by atoms with E-state index in [9.17, 15) is 4.79 Å². The van der Waals surface area contributed by atoms with Gasteiger partial charge in [-0.1, -0.05) is 0 Å². The zero-order valence-corrected chi connectivity index (χ0v) is 11.1. The molecule has 1 fully saturated rings. The summed E-state index contributed by atoms with van der Waals surface area (Å²) < 4.78 is 5.47. The van der Waals surface area contributed by atoms with Crippen LogP contribution in [0.1, 0.15) is 30.3 Å². The number of ether oxygens (including phenoxy) is 1. The van der Waals surface area contributed by atoms with Gasteiger partial charge in [0, 0.05) is 19.7 Å². The molecule has 1 aromatic rings. The second-order valence-electron chi connectivity index (χ2n) is 4.68. The number of carboxylic acid groups (broad SMARTS) is 1. The molecular weight excluding hydrogens is 246 g/mol. The Bertz CT molecular complexity index is 422. The maximum Gasteiger partial charge on any atom is 0.356 e. The molecule has 0 radical (unpaired) electrons. The minimum atomic E-state index is -1.05. The van der Waals surface area contributed by atoms with Crippen molar-refractivity contribution in [3.8, 4) is 0 Å². The van der Waals surface area contributed by atoms with Gasteiger partial charge in [-0.15, -0.1) is 0 Å². The van der Waals surface area contributed by atoms with E-state index >= 15 is 0 Å². The second-order valence-corrected chi connectivity index (χ2v) is 4.68. The number of aromatic carboxylic acids is 1. The molecule has 0 spiro atoms. The molecule has 1 N–H and O–H groups in total. The number of aromatic nitrogens is 2. The molecule has 0 aliphatic carbocycles. The average Bonchev–Trinajstić information content (AvgIpc) is 2.45. The minimum absolute atomic E-state index is 0.0216. The molecule has 2 heterocycles. The Balaban J connectivity index is 1.98. The van der Waals surface area contributed by atoms with E-state index in [-0.39, 0.29) is 5.69 Å². The Kier molecular flexibility index (Phi) is 4.68. The fourth-order valence-electron chi connectivity index (χ4n) is 2.29. The van der Waals surface area contributed by atoms with E-state index in [2.05, 4.69) is 14.9 Å². The van der Waals surface area contributed by atoms with Crippen molar-refractivity contribution >= 4 is 11.8 Å². The second kappa shape index (κ2) is 6.47. The SMILES string of the molecule is CCOCC1CCCN(c2cnc(C(=O)O)cn2)C1. The van der Waals surface area contributed by atoms with Gasteiger partial charge in [0.2, 0.25) is 0 Å². The maximum atomic E-state index is 10.7. The first-order valence-electron chi connectivity index (χ1n) is 6.58. The zero-order chi connectivity index (χ0) is 13.7. The zero-order valence-electron chi connectivity index (χ0n) is 11.1. The van der Waals surface area contributed by atoms with Crippen LogP contribution in [0.3, 0.4) is 0 Å². The molecule has 2 rings (SSSR count). The number of carboxylic acids is 1. The summed E-state index contributed by atoms with van der Waals surface area (Å²) in [5.74, 6) is 0.202. The van der Waals surface area contributed by atoms with Gasteiger partial charge in [0.25, 0.3) is 0 Å². The Morgan fingerprint density at radius 2 is 2.37 bits per heavy atom. The van der Waals surface area contributed by atoms with Gasteiger partial charge in [-0.05, 0) is 25.7 Å². The molecule has 1 aromatic heterocycles. The highest BCUT2D eigenvalue weighted by molar-refractivity contribution is 5.84. The van der Waals surface area contributed by atoms with Gasteiger partial charge in [0.15, 0.2) is 5.69 Å². The molecular formula is C13H19N3O3. The summed E-state index contributed by atoms with van der Waals surface area (Å²) in [4.78, 5) is 21.0. The molecule has 0 bridgehead atoms. The molecule has 1 atom stereocenters. The highest BCUT2D eigenvalue weighted by Crippen LogP contribution is 2.21. The van der Waals surface area contributed by atoms with Gasteiger partial charge in [-0.2, -0.15) is 0 Å². The van der Waals surface area contributed by atoms with Crippen molar-refractivity contribution in [2.45, 2.75) is 19.8 Å². The molecule has 1 aliphatic heterocycles. The van der Waals surface area contributed by atoms with Crippen LogP contribution in [-0.2, 0) is 4.74 Å². The maximum absolute atomic E-state index is 10.7. The minimum Gasteiger partial charge on any atom is -0.476 e. The van der Waals surface area contributed by atoms with Crippen LogP contribution < -0.4 is 4.90 Å². The molecule has 0 saturated carbocycles. The number of anilines is 1. The van der Waals surface area contributed by atoms with Gasteiger partial charge in [0.1, 0.15) is 5.82 Å². The van der Waals surface area contributed by atoms with Crippen LogP contribution in [0.25, 0.3) is 0 Å². The van der Waals surface area contributed by atoms with Crippen molar-refractivity contribution in [3.05, 3.63) is 18.1 Å². The van der Waals surface area contributed by atoms with Crippen molar-refractivity contribution in [1.29, 1.82) is 0 Å². The fraction of sp³-hybridized carbons (Fsp3) is 0.615. The Morgan fingerprint density at radius 1 is 1.53 bits per heavy atom. The summed E-state index contributed by atoms with van der Waals surface area (Å²) in [5, 5.41) is 8.79. The first-order chi connectivity index (χ1) is 9.20. The molecule has 104 valence electrons. The normalized spacial score (nSPS) is 19.4. The summed E-state index contributed by atoms with van der Waals surface area (Å²) in [6.07, 6.45) is 5.10. The molecule has 1 saturated heterocycles. The summed E-state index contributed by atoms with van der Waals surface area (Å²) in [6.45, 7) is 5.33. The smallest absolute Gasteiger partial charge is 0.356 e. The van der Waals surface area contributed by atoms with Gasteiger partial charge in [-0.25, -0.2) is 14.8 Å². The number of rotatable bonds is 5. The van der Waals surface area contributed by atoms with E-state index in [4.69, 9.17) is 9.84 Å². The number of nitrogens with zero attached hydrogens (tertiary/aromatic N) is 3. The van der Waals surface area contributed by atoms with E-state index in [1.807, 2.05) is 6.92 Å². The van der Waals surface area contributed by atoms with Crippen LogP contribution in [0, 0.1) is 5.92 Å². The van der Waals surface area contributed by atoms with Crippen molar-refractivity contribution < 1.29 is 14.6 Å². The quantitative estimate of drug-likeness (QED) is 0.868. The standard InChI is InChI=1S/C13H19N3O3/c1-2-19-9-10-4-3-5-16(8-10)12-7-14-11(6-15-12)13(17)18/h6-7,10H,2-5,8-9H2,1H3,(H,17,18). The predicted octanol–water partition coefficient (Wildman–Crippen LogP) is 1.43. The Labute approximate surface area is 112 Å². The number of hydrogen-bond donors (Lipinski definition) is 1. The van der Waals surface area contributed by atoms with Gasteiger partial charge in [-0.3, -0.25) is 0 Å². The van der Waals surface area contributed by atoms with Crippen LogP contribution in [0.5, 0.6) is 0 Å². The van der Waals surface area contributed by atoms with Crippen LogP contribution in [0.4, 0.5) is 5.82 Å². The summed E-state index contributed by atoms with van der Waals surface area (Å²) >= 11 is 0. The van der Waals surface area contributed by atoms with Crippen molar-refractivity contribution in [2.75, 3.05) is 31.2 Å². The third kappa shape index (κ3) is 3.64.